The van der Waals surface area contributed by atoms with E-state index in [1.165, 1.54) is 96.3 Å². The maximum atomic E-state index is 11.0. The molecule has 0 N–H and O–H groups in total. The number of esters is 1. The Hall–Kier alpha value is -2.11. The van der Waals surface area contributed by atoms with Crippen molar-refractivity contribution >= 4 is 11.7 Å². The predicted molar refractivity (Wildman–Crippen MR) is 124 cm³/mol. The average molecular weight is 436 g/mol. The predicted octanol–water partition coefficient (Wildman–Crippen LogP) is 7.39. The molecule has 0 spiro atoms. The van der Waals surface area contributed by atoms with Crippen LogP contribution < -0.4 is 4.74 Å². The van der Waals surface area contributed by atoms with Gasteiger partial charge in [-0.1, -0.05) is 83.5 Å². The summed E-state index contributed by atoms with van der Waals surface area (Å²) in [7, 11) is 1.45. The highest BCUT2D eigenvalue weighted by molar-refractivity contribution is 5.68. The van der Waals surface area contributed by atoms with Crippen LogP contribution in [0.15, 0.2) is 24.3 Å². The monoisotopic (exact) mass is 435 g/mol. The summed E-state index contributed by atoms with van der Waals surface area (Å²) in [5, 5.41) is 10.6. The van der Waals surface area contributed by atoms with Crippen LogP contribution in [-0.4, -0.2) is 24.6 Å². The Morgan fingerprint density at radius 1 is 0.742 bits per heavy atom. The van der Waals surface area contributed by atoms with Gasteiger partial charge in [-0.2, -0.15) is 0 Å². The zero-order valence-corrected chi connectivity index (χ0v) is 19.3. The first-order valence-electron chi connectivity index (χ1n) is 12.1. The normalized spacial score (nSPS) is 10.7. The fraction of sp³-hybridized carbons (Fsp3) is 0.720. The zero-order chi connectivity index (χ0) is 22.6. The summed E-state index contributed by atoms with van der Waals surface area (Å²) in [6.07, 6.45) is 19.3. The number of hydrogen-bond acceptors (Lipinski definition) is 5. The summed E-state index contributed by atoms with van der Waals surface area (Å²) in [5.41, 5.74) is 0.0939. The van der Waals surface area contributed by atoms with Crippen LogP contribution in [0.1, 0.15) is 103 Å². The first-order chi connectivity index (χ1) is 15.1. The van der Waals surface area contributed by atoms with Crippen molar-refractivity contribution in [1.29, 1.82) is 0 Å². The molecule has 0 fully saturated rings. The van der Waals surface area contributed by atoms with Gasteiger partial charge < -0.3 is 9.47 Å². The van der Waals surface area contributed by atoms with E-state index in [1.807, 2.05) is 0 Å². The number of rotatable bonds is 20. The smallest absolute Gasteiger partial charge is 0.305 e. The van der Waals surface area contributed by atoms with E-state index in [9.17, 15) is 14.9 Å². The molecule has 0 aliphatic carbocycles. The Kier molecular flexibility index (Phi) is 16.2. The molecule has 0 unspecified atom stereocenters. The average Bonchev–Trinajstić information content (AvgIpc) is 2.78. The number of non-ortho nitro benzene ring substituents is 1. The zero-order valence-electron chi connectivity index (χ0n) is 19.3. The van der Waals surface area contributed by atoms with Crippen molar-refractivity contribution in [2.24, 2.45) is 0 Å². The molecule has 0 radical (unpaired) electrons. The number of hydrogen-bond donors (Lipinski definition) is 0. The van der Waals surface area contributed by atoms with E-state index >= 15 is 0 Å². The quantitative estimate of drug-likeness (QED) is 0.0923. The third kappa shape index (κ3) is 15.4. The molecular weight excluding hydrogens is 394 g/mol. The molecule has 6 nitrogen and oxygen atoms in total. The van der Waals surface area contributed by atoms with Gasteiger partial charge in [-0.3, -0.25) is 14.9 Å². The minimum Gasteiger partial charge on any atom is -0.494 e. The lowest BCUT2D eigenvalue weighted by atomic mass is 10.0. The standard InChI is InChI=1S/C25H41NO5/c1-30-25(27)17-15-13-11-9-7-5-3-2-4-6-8-10-12-14-16-22-31-24-20-18-23(19-21-24)26(28)29/h18-21H,2-17,22H2,1H3. The van der Waals surface area contributed by atoms with Crippen molar-refractivity contribution in [3.63, 3.8) is 0 Å². The molecule has 0 saturated carbocycles. The van der Waals surface area contributed by atoms with Crippen LogP contribution in [0.4, 0.5) is 5.69 Å². The Morgan fingerprint density at radius 2 is 1.16 bits per heavy atom. The number of unbranched alkanes of at least 4 members (excludes halogenated alkanes) is 14. The van der Waals surface area contributed by atoms with Gasteiger partial charge in [0.15, 0.2) is 0 Å². The van der Waals surface area contributed by atoms with E-state index in [-0.39, 0.29) is 11.7 Å². The van der Waals surface area contributed by atoms with Gasteiger partial charge in [-0.05, 0) is 25.0 Å². The molecule has 0 heterocycles. The SMILES string of the molecule is COC(=O)CCCCCCCCCCCCCCCCCOc1ccc([N+](=O)[O-])cc1. The molecule has 1 aromatic carbocycles. The molecule has 31 heavy (non-hydrogen) atoms. The van der Waals surface area contributed by atoms with E-state index in [1.54, 1.807) is 12.1 Å². The summed E-state index contributed by atoms with van der Waals surface area (Å²) in [5.74, 6) is 0.609. The van der Waals surface area contributed by atoms with Crippen molar-refractivity contribution in [3.8, 4) is 5.75 Å². The number of methoxy groups -OCH3 is 1. The van der Waals surface area contributed by atoms with Crippen LogP contribution in [0.25, 0.3) is 0 Å². The van der Waals surface area contributed by atoms with Crippen LogP contribution in [-0.2, 0) is 9.53 Å². The second kappa shape index (κ2) is 18.6. The molecule has 1 rings (SSSR count). The second-order valence-electron chi connectivity index (χ2n) is 8.23. The number of nitro groups is 1. The van der Waals surface area contributed by atoms with Gasteiger partial charge in [-0.25, -0.2) is 0 Å². The topological polar surface area (TPSA) is 78.7 Å². The molecule has 0 aliphatic rings. The van der Waals surface area contributed by atoms with Gasteiger partial charge in [0.1, 0.15) is 5.75 Å². The van der Waals surface area contributed by atoms with Crippen LogP contribution in [0, 0.1) is 10.1 Å². The molecule has 0 bridgehead atoms. The Bertz CT molecular complexity index is 588. The number of nitro benzene ring substituents is 1. The first kappa shape index (κ1) is 26.9. The van der Waals surface area contributed by atoms with Crippen LogP contribution >= 0.6 is 0 Å². The third-order valence-corrected chi connectivity index (χ3v) is 5.57. The van der Waals surface area contributed by atoms with E-state index in [0.717, 1.165) is 19.3 Å². The molecule has 6 heteroatoms. The highest BCUT2D eigenvalue weighted by atomic mass is 16.6. The fourth-order valence-corrected chi connectivity index (χ4v) is 3.63. The minimum atomic E-state index is -0.399. The van der Waals surface area contributed by atoms with Crippen LogP contribution in [0.2, 0.25) is 0 Å². The van der Waals surface area contributed by atoms with E-state index in [4.69, 9.17) is 4.74 Å². The van der Waals surface area contributed by atoms with Crippen molar-refractivity contribution in [3.05, 3.63) is 34.4 Å². The Labute approximate surface area is 187 Å². The largest absolute Gasteiger partial charge is 0.494 e. The third-order valence-electron chi connectivity index (χ3n) is 5.57. The lowest BCUT2D eigenvalue weighted by molar-refractivity contribution is -0.384. The fourth-order valence-electron chi connectivity index (χ4n) is 3.63. The lowest BCUT2D eigenvalue weighted by Crippen LogP contribution is -1.99. The Balaban J connectivity index is 1.77. The summed E-state index contributed by atoms with van der Waals surface area (Å²) in [4.78, 5) is 21.2. The summed E-state index contributed by atoms with van der Waals surface area (Å²) < 4.78 is 10.3. The summed E-state index contributed by atoms with van der Waals surface area (Å²) in [6, 6.07) is 6.27. The van der Waals surface area contributed by atoms with E-state index < -0.39 is 4.92 Å². The molecule has 0 atom stereocenters. The highest BCUT2D eigenvalue weighted by Gasteiger charge is 2.04. The van der Waals surface area contributed by atoms with Gasteiger partial charge in [0.25, 0.3) is 5.69 Å². The molecule has 0 amide bonds. The van der Waals surface area contributed by atoms with Crippen LogP contribution in [0.5, 0.6) is 5.75 Å². The van der Waals surface area contributed by atoms with Crippen molar-refractivity contribution in [2.75, 3.05) is 13.7 Å². The molecule has 0 aromatic heterocycles. The number of ether oxygens (including phenoxy) is 2. The van der Waals surface area contributed by atoms with Gasteiger partial charge in [-0.15, -0.1) is 0 Å². The van der Waals surface area contributed by atoms with Crippen LogP contribution in [0.3, 0.4) is 0 Å². The van der Waals surface area contributed by atoms with Crippen molar-refractivity contribution in [2.45, 2.75) is 103 Å². The van der Waals surface area contributed by atoms with Gasteiger partial charge in [0, 0.05) is 18.6 Å². The minimum absolute atomic E-state index is 0.0892. The lowest BCUT2D eigenvalue weighted by Gasteiger charge is -2.06. The van der Waals surface area contributed by atoms with Gasteiger partial charge in [0.2, 0.25) is 0 Å². The number of carbonyl (C=O) groups excluding carboxylic acids is 1. The summed E-state index contributed by atoms with van der Waals surface area (Å²) >= 11 is 0. The number of nitrogens with zero attached hydrogens (tertiary/aromatic N) is 1. The number of benzene rings is 1. The first-order valence-corrected chi connectivity index (χ1v) is 12.1. The van der Waals surface area contributed by atoms with Gasteiger partial charge in [0.05, 0.1) is 18.6 Å². The second-order valence-corrected chi connectivity index (χ2v) is 8.23. The molecule has 0 aliphatic heterocycles. The maximum Gasteiger partial charge on any atom is 0.305 e. The molecule has 0 saturated heterocycles. The molecule has 176 valence electrons. The maximum absolute atomic E-state index is 11.0. The van der Waals surface area contributed by atoms with E-state index in [2.05, 4.69) is 4.74 Å². The highest BCUT2D eigenvalue weighted by Crippen LogP contribution is 2.18. The molecular formula is C25H41NO5. The van der Waals surface area contributed by atoms with Crippen molar-refractivity contribution < 1.29 is 19.2 Å². The molecule has 1 aromatic rings. The Morgan fingerprint density at radius 3 is 1.58 bits per heavy atom. The van der Waals surface area contributed by atoms with E-state index in [0.29, 0.717) is 18.8 Å². The number of carbonyl (C=O) groups is 1. The van der Waals surface area contributed by atoms with Gasteiger partial charge >= 0.3 is 5.97 Å². The van der Waals surface area contributed by atoms with Crippen molar-refractivity contribution in [1.82, 2.24) is 0 Å². The summed E-state index contributed by atoms with van der Waals surface area (Å²) in [6.45, 7) is 0.670.